The Kier molecular flexibility index (Phi) is 6.52. The highest BCUT2D eigenvalue weighted by atomic mass is 32.2. The number of nitrogens with zero attached hydrogens (tertiary/aromatic N) is 2. The monoisotopic (exact) mass is 419 g/mol. The Morgan fingerprint density at radius 1 is 1.38 bits per heavy atom. The van der Waals surface area contributed by atoms with Crippen LogP contribution in [0.1, 0.15) is 57.1 Å². The first-order valence-corrected chi connectivity index (χ1v) is 10.8. The minimum Gasteiger partial charge on any atom is -0.466 e. The normalized spacial score (nSPS) is 24.4. The number of nitriles is 1. The van der Waals surface area contributed by atoms with Crippen molar-refractivity contribution in [2.45, 2.75) is 69.0 Å². The maximum absolute atomic E-state index is 12.7. The van der Waals surface area contributed by atoms with Gasteiger partial charge in [0.2, 0.25) is 5.91 Å². The lowest BCUT2D eigenvalue weighted by Gasteiger charge is -2.32. The van der Waals surface area contributed by atoms with E-state index < -0.39 is 34.9 Å². The third kappa shape index (κ3) is 4.58. The van der Waals surface area contributed by atoms with Crippen molar-refractivity contribution < 1.29 is 23.5 Å². The predicted molar refractivity (Wildman–Crippen MR) is 105 cm³/mol. The molecule has 1 aliphatic carbocycles. The third-order valence-electron chi connectivity index (χ3n) is 5.37. The van der Waals surface area contributed by atoms with Crippen molar-refractivity contribution in [2.24, 2.45) is 0 Å². The highest BCUT2D eigenvalue weighted by Crippen LogP contribution is 2.42. The number of hydrogen-bond acceptors (Lipinski definition) is 7. The first-order valence-electron chi connectivity index (χ1n) is 9.74. The Morgan fingerprint density at radius 2 is 2.10 bits per heavy atom. The number of thioether (sulfide) groups is 1. The molecule has 29 heavy (non-hydrogen) atoms. The fourth-order valence-corrected chi connectivity index (χ4v) is 5.20. The molecule has 2 fully saturated rings. The average molecular weight is 420 g/mol. The molecule has 8 nitrogen and oxygen atoms in total. The molecule has 0 bridgehead atoms. The Morgan fingerprint density at radius 3 is 2.69 bits per heavy atom. The number of amides is 2. The van der Waals surface area contributed by atoms with Gasteiger partial charge in [0.15, 0.2) is 6.10 Å². The van der Waals surface area contributed by atoms with Crippen LogP contribution >= 0.6 is 11.8 Å². The first-order chi connectivity index (χ1) is 13.9. The number of ether oxygens (including phenoxy) is 1. The van der Waals surface area contributed by atoms with Gasteiger partial charge in [-0.3, -0.25) is 9.59 Å². The fourth-order valence-electron chi connectivity index (χ4n) is 3.79. The van der Waals surface area contributed by atoms with Crippen molar-refractivity contribution in [3.8, 4) is 6.07 Å². The zero-order chi connectivity index (χ0) is 21.0. The van der Waals surface area contributed by atoms with Crippen molar-refractivity contribution in [1.82, 2.24) is 10.2 Å². The number of rotatable bonds is 5. The third-order valence-corrected chi connectivity index (χ3v) is 6.65. The van der Waals surface area contributed by atoms with Crippen LogP contribution in [0.5, 0.6) is 0 Å². The van der Waals surface area contributed by atoms with Gasteiger partial charge < -0.3 is 19.4 Å². The molecular weight excluding hydrogens is 394 g/mol. The van der Waals surface area contributed by atoms with Crippen LogP contribution in [0.25, 0.3) is 0 Å². The number of furan rings is 1. The summed E-state index contributed by atoms with van der Waals surface area (Å²) < 4.78 is 10.8. The molecule has 1 saturated heterocycles. The Hall–Kier alpha value is -2.47. The van der Waals surface area contributed by atoms with Crippen LogP contribution in [-0.4, -0.2) is 46.1 Å². The molecule has 2 aliphatic rings. The number of esters is 1. The Bertz CT molecular complexity index is 798. The standard InChI is InChI=1S/C20H25N3O5S/c1-13(17(25)22-20(12-21)8-4-3-5-9-20)28-19(26)15-11-29-18(23(15)14(2)24)16-7-6-10-27-16/h6-7,10,13,15,18H,3-5,8-9,11H2,1-2H3,(H,22,25)/t13-,15-,18+/m0/s1. The van der Waals surface area contributed by atoms with E-state index in [0.29, 0.717) is 24.4 Å². The molecule has 2 heterocycles. The molecule has 0 aromatic carbocycles. The minimum atomic E-state index is -1.06. The van der Waals surface area contributed by atoms with Crippen molar-refractivity contribution in [2.75, 3.05) is 5.75 Å². The van der Waals surface area contributed by atoms with E-state index in [0.717, 1.165) is 19.3 Å². The minimum absolute atomic E-state index is 0.277. The molecule has 3 atom stereocenters. The van der Waals surface area contributed by atoms with E-state index in [9.17, 15) is 19.6 Å². The van der Waals surface area contributed by atoms with Gasteiger partial charge in [0, 0.05) is 12.7 Å². The van der Waals surface area contributed by atoms with E-state index in [1.54, 1.807) is 12.1 Å². The lowest BCUT2D eigenvalue weighted by atomic mass is 9.83. The Balaban J connectivity index is 1.63. The molecule has 2 amide bonds. The second-order valence-electron chi connectivity index (χ2n) is 7.47. The summed E-state index contributed by atoms with van der Waals surface area (Å²) in [5.41, 5.74) is -0.894. The number of carbonyl (C=O) groups excluding carboxylic acids is 3. The van der Waals surface area contributed by atoms with Gasteiger partial charge in [0.25, 0.3) is 5.91 Å². The summed E-state index contributed by atoms with van der Waals surface area (Å²) in [6.07, 6.45) is 4.45. The van der Waals surface area contributed by atoms with E-state index in [1.165, 1.54) is 36.8 Å². The molecular formula is C20H25N3O5S. The highest BCUT2D eigenvalue weighted by Gasteiger charge is 2.44. The summed E-state index contributed by atoms with van der Waals surface area (Å²) in [4.78, 5) is 38.9. The van der Waals surface area contributed by atoms with Gasteiger partial charge in [-0.2, -0.15) is 5.26 Å². The van der Waals surface area contributed by atoms with Gasteiger partial charge >= 0.3 is 5.97 Å². The zero-order valence-corrected chi connectivity index (χ0v) is 17.4. The summed E-state index contributed by atoms with van der Waals surface area (Å²) in [5.74, 6) is -0.482. The topological polar surface area (TPSA) is 113 Å². The molecule has 1 aromatic heterocycles. The summed E-state index contributed by atoms with van der Waals surface area (Å²) in [6, 6.07) is 4.89. The van der Waals surface area contributed by atoms with Crippen LogP contribution in [0.15, 0.2) is 22.8 Å². The average Bonchev–Trinajstić information content (AvgIpc) is 3.38. The van der Waals surface area contributed by atoms with E-state index in [2.05, 4.69) is 11.4 Å². The van der Waals surface area contributed by atoms with Crippen LogP contribution < -0.4 is 5.32 Å². The van der Waals surface area contributed by atoms with Crippen molar-refractivity contribution in [1.29, 1.82) is 5.26 Å². The molecule has 156 valence electrons. The molecule has 1 N–H and O–H groups in total. The SMILES string of the molecule is CC(=O)N1[C@@H](c2ccco2)SC[C@H]1C(=O)O[C@@H](C)C(=O)NC1(C#N)CCCCC1. The summed E-state index contributed by atoms with van der Waals surface area (Å²) in [7, 11) is 0. The summed E-state index contributed by atoms with van der Waals surface area (Å²) in [6.45, 7) is 2.86. The van der Waals surface area contributed by atoms with E-state index in [4.69, 9.17) is 9.15 Å². The van der Waals surface area contributed by atoms with Crippen LogP contribution in [0, 0.1) is 11.3 Å². The smallest absolute Gasteiger partial charge is 0.330 e. The quantitative estimate of drug-likeness (QED) is 0.730. The fraction of sp³-hybridized carbons (Fsp3) is 0.600. The molecule has 9 heteroatoms. The lowest BCUT2D eigenvalue weighted by molar-refractivity contribution is -0.162. The summed E-state index contributed by atoms with van der Waals surface area (Å²) in [5, 5.41) is 11.9. The molecule has 1 aliphatic heterocycles. The predicted octanol–water partition coefficient (Wildman–Crippen LogP) is 2.52. The summed E-state index contributed by atoms with van der Waals surface area (Å²) >= 11 is 1.41. The molecule has 0 unspecified atom stereocenters. The Labute approximate surface area is 173 Å². The van der Waals surface area contributed by atoms with Gasteiger partial charge in [-0.15, -0.1) is 11.8 Å². The number of hydrogen-bond donors (Lipinski definition) is 1. The maximum atomic E-state index is 12.7. The first kappa shape index (κ1) is 21.2. The van der Waals surface area contributed by atoms with Gasteiger partial charge in [-0.1, -0.05) is 19.3 Å². The molecule has 1 saturated carbocycles. The van der Waals surface area contributed by atoms with E-state index in [1.807, 2.05) is 0 Å². The van der Waals surface area contributed by atoms with Crippen LogP contribution in [-0.2, 0) is 19.1 Å². The molecule has 1 aromatic rings. The molecule has 0 spiro atoms. The van der Waals surface area contributed by atoms with Gasteiger partial charge in [-0.05, 0) is 31.9 Å². The largest absolute Gasteiger partial charge is 0.466 e. The van der Waals surface area contributed by atoms with Crippen molar-refractivity contribution >= 4 is 29.5 Å². The maximum Gasteiger partial charge on any atom is 0.330 e. The van der Waals surface area contributed by atoms with E-state index >= 15 is 0 Å². The second-order valence-corrected chi connectivity index (χ2v) is 8.58. The number of nitrogens with one attached hydrogen (secondary N) is 1. The van der Waals surface area contributed by atoms with Crippen molar-refractivity contribution in [3.05, 3.63) is 24.2 Å². The van der Waals surface area contributed by atoms with Gasteiger partial charge in [0.05, 0.1) is 12.3 Å². The van der Waals surface area contributed by atoms with Crippen molar-refractivity contribution in [3.63, 3.8) is 0 Å². The number of carbonyl (C=O) groups is 3. The zero-order valence-electron chi connectivity index (χ0n) is 16.6. The second kappa shape index (κ2) is 8.91. The van der Waals surface area contributed by atoms with E-state index in [-0.39, 0.29) is 5.91 Å². The van der Waals surface area contributed by atoms with Crippen LogP contribution in [0.3, 0.4) is 0 Å². The van der Waals surface area contributed by atoms with Gasteiger partial charge in [-0.25, -0.2) is 4.79 Å². The molecule has 3 rings (SSSR count). The van der Waals surface area contributed by atoms with Crippen LogP contribution in [0.4, 0.5) is 0 Å². The molecule has 0 radical (unpaired) electrons. The lowest BCUT2D eigenvalue weighted by Crippen LogP contribution is -2.53. The van der Waals surface area contributed by atoms with Crippen LogP contribution in [0.2, 0.25) is 0 Å². The van der Waals surface area contributed by atoms with Gasteiger partial charge in [0.1, 0.15) is 22.7 Å². The highest BCUT2D eigenvalue weighted by molar-refractivity contribution is 7.99.